The lowest BCUT2D eigenvalue weighted by molar-refractivity contribution is -0.148. The molecule has 11 nitrogen and oxygen atoms in total. The van der Waals surface area contributed by atoms with Crippen molar-refractivity contribution in [1.82, 2.24) is 20.2 Å². The zero-order chi connectivity index (χ0) is 29.8. The van der Waals surface area contributed by atoms with E-state index in [4.69, 9.17) is 14.5 Å². The number of rotatable bonds is 11. The first-order valence-corrected chi connectivity index (χ1v) is 14.5. The lowest BCUT2D eigenvalue weighted by atomic mass is 10.00. The van der Waals surface area contributed by atoms with Gasteiger partial charge in [0.25, 0.3) is 0 Å². The van der Waals surface area contributed by atoms with Gasteiger partial charge < -0.3 is 30.1 Å². The Hall–Kier alpha value is -3.93. The molecule has 0 bridgehead atoms. The van der Waals surface area contributed by atoms with Crippen LogP contribution in [0.25, 0.3) is 22.3 Å². The fraction of sp³-hybridized carbons (Fsp3) is 0.483. The molecule has 220 valence electrons. The Balaban J connectivity index is 1.63. The van der Waals surface area contributed by atoms with Crippen molar-refractivity contribution in [1.29, 1.82) is 0 Å². The van der Waals surface area contributed by atoms with Gasteiger partial charge in [-0.15, -0.1) is 11.3 Å². The Bertz CT molecular complexity index is 1420. The number of likely N-dealkylation sites (tertiary alicyclic amines) is 1. The number of aliphatic carboxylic acids is 1. The molecule has 3 atom stereocenters. The van der Waals surface area contributed by atoms with E-state index >= 15 is 0 Å². The highest BCUT2D eigenvalue weighted by molar-refractivity contribution is 7.14. The summed E-state index contributed by atoms with van der Waals surface area (Å²) in [4.78, 5) is 47.9. The summed E-state index contributed by atoms with van der Waals surface area (Å²) in [5.74, 6) is -0.521. The van der Waals surface area contributed by atoms with Gasteiger partial charge in [-0.2, -0.15) is 0 Å². The first kappa shape index (κ1) is 30.0. The third-order valence-electron chi connectivity index (χ3n) is 6.91. The summed E-state index contributed by atoms with van der Waals surface area (Å²) in [6, 6.07) is 6.06. The molecule has 1 saturated heterocycles. The van der Waals surface area contributed by atoms with Crippen LogP contribution in [-0.4, -0.2) is 75.6 Å². The first-order valence-electron chi connectivity index (χ1n) is 13.6. The van der Waals surface area contributed by atoms with Crippen molar-refractivity contribution in [3.63, 3.8) is 0 Å². The van der Waals surface area contributed by atoms with Gasteiger partial charge in [-0.1, -0.05) is 13.8 Å². The number of amides is 2. The summed E-state index contributed by atoms with van der Waals surface area (Å²) in [7, 11) is 1.58. The predicted octanol–water partition coefficient (Wildman–Crippen LogP) is 4.17. The number of anilines is 1. The van der Waals surface area contributed by atoms with Gasteiger partial charge in [0.15, 0.2) is 5.13 Å². The van der Waals surface area contributed by atoms with Gasteiger partial charge in [0.05, 0.1) is 24.9 Å². The van der Waals surface area contributed by atoms with Crippen LogP contribution in [0.1, 0.15) is 47.5 Å². The molecule has 4 rings (SSSR count). The third kappa shape index (κ3) is 7.24. The minimum absolute atomic E-state index is 0.00124. The molecular weight excluding hydrogens is 546 g/mol. The molecule has 2 amide bonds. The van der Waals surface area contributed by atoms with E-state index in [0.29, 0.717) is 28.4 Å². The van der Waals surface area contributed by atoms with Gasteiger partial charge >= 0.3 is 5.97 Å². The minimum atomic E-state index is -1.09. The van der Waals surface area contributed by atoms with Crippen LogP contribution in [0.3, 0.4) is 0 Å². The van der Waals surface area contributed by atoms with Crippen molar-refractivity contribution in [2.75, 3.05) is 19.0 Å². The van der Waals surface area contributed by atoms with Gasteiger partial charge in [-0.25, -0.2) is 14.8 Å². The standard InChI is InChI=1S/C29H37N5O6S/c1-15(2)21(31-17(5)35)12-27(36)34-13-19(10-25(34)28(37)38)40-26-11-23(24-14-41-29(33-24)30-16(3)4)32-22-9-18(39-6)7-8-20(22)26/h7-9,11,14-16,19,21,25H,10,12-13H2,1-6H3,(H,30,33)(H,31,35)(H,37,38)/t19-,21?,25+/m1/s1. The number of carboxylic acid groups (broad SMARTS) is 1. The number of carbonyl (C=O) groups is 3. The van der Waals surface area contributed by atoms with E-state index < -0.39 is 24.2 Å². The van der Waals surface area contributed by atoms with E-state index in [-0.39, 0.29) is 43.2 Å². The highest BCUT2D eigenvalue weighted by Crippen LogP contribution is 2.35. The fourth-order valence-corrected chi connectivity index (χ4v) is 5.68. The summed E-state index contributed by atoms with van der Waals surface area (Å²) < 4.78 is 11.8. The number of aromatic nitrogens is 2. The number of hydrogen-bond acceptors (Lipinski definition) is 9. The molecule has 1 unspecified atom stereocenters. The molecule has 2 aromatic heterocycles. The third-order valence-corrected chi connectivity index (χ3v) is 7.68. The average molecular weight is 584 g/mol. The molecule has 3 heterocycles. The van der Waals surface area contributed by atoms with Crippen LogP contribution in [0.4, 0.5) is 5.13 Å². The zero-order valence-corrected chi connectivity index (χ0v) is 24.9. The van der Waals surface area contributed by atoms with E-state index in [1.54, 1.807) is 13.2 Å². The van der Waals surface area contributed by atoms with E-state index in [0.717, 1.165) is 10.5 Å². The van der Waals surface area contributed by atoms with Gasteiger partial charge in [0.1, 0.15) is 29.3 Å². The Morgan fingerprint density at radius 1 is 1.15 bits per heavy atom. The van der Waals surface area contributed by atoms with Crippen LogP contribution >= 0.6 is 11.3 Å². The van der Waals surface area contributed by atoms with Crippen LogP contribution in [0.15, 0.2) is 29.6 Å². The number of thiazole rings is 1. The van der Waals surface area contributed by atoms with Crippen LogP contribution in [0.5, 0.6) is 11.5 Å². The first-order chi connectivity index (χ1) is 19.4. The maximum Gasteiger partial charge on any atom is 0.326 e. The summed E-state index contributed by atoms with van der Waals surface area (Å²) >= 11 is 1.48. The van der Waals surface area contributed by atoms with Gasteiger partial charge in [0.2, 0.25) is 11.8 Å². The number of nitrogens with one attached hydrogen (secondary N) is 2. The molecule has 3 N–H and O–H groups in total. The van der Waals surface area contributed by atoms with Crippen LogP contribution in [-0.2, 0) is 14.4 Å². The Kier molecular flexibility index (Phi) is 9.31. The number of hydrogen-bond donors (Lipinski definition) is 3. The second-order valence-corrected chi connectivity index (χ2v) is 11.7. The molecule has 1 aromatic carbocycles. The minimum Gasteiger partial charge on any atom is -0.497 e. The second kappa shape index (κ2) is 12.7. The second-order valence-electron chi connectivity index (χ2n) is 10.9. The topological polar surface area (TPSA) is 143 Å². The molecule has 0 radical (unpaired) electrons. The van der Waals surface area contributed by atoms with Crippen molar-refractivity contribution in [2.45, 2.75) is 71.7 Å². The monoisotopic (exact) mass is 583 g/mol. The summed E-state index contributed by atoms with van der Waals surface area (Å²) in [5.41, 5.74) is 1.92. The number of pyridine rings is 1. The number of nitrogens with zero attached hydrogens (tertiary/aromatic N) is 3. The van der Waals surface area contributed by atoms with Crippen molar-refractivity contribution in [3.05, 3.63) is 29.6 Å². The number of fused-ring (bicyclic) bond motifs is 1. The predicted molar refractivity (Wildman–Crippen MR) is 157 cm³/mol. The number of carboxylic acids is 1. The molecule has 1 aliphatic rings. The van der Waals surface area contributed by atoms with E-state index in [9.17, 15) is 19.5 Å². The Morgan fingerprint density at radius 2 is 1.90 bits per heavy atom. The molecule has 1 aliphatic heterocycles. The molecule has 0 aliphatic carbocycles. The van der Waals surface area contributed by atoms with Crippen LogP contribution in [0.2, 0.25) is 0 Å². The Labute approximate surface area is 243 Å². The quantitative estimate of drug-likeness (QED) is 0.303. The van der Waals surface area contributed by atoms with Crippen LogP contribution < -0.4 is 20.1 Å². The SMILES string of the molecule is COc1ccc2c(O[C@@H]3C[C@@H](C(=O)O)N(C(=O)CC(NC(C)=O)C(C)C)C3)cc(-c3csc(NC(C)C)n3)nc2c1. The lowest BCUT2D eigenvalue weighted by Crippen LogP contribution is -2.46. The normalized spacial score (nSPS) is 17.6. The van der Waals surface area contributed by atoms with Crippen molar-refractivity contribution >= 4 is 45.2 Å². The molecule has 1 fully saturated rings. The lowest BCUT2D eigenvalue weighted by Gasteiger charge is -2.26. The number of ether oxygens (including phenoxy) is 2. The molecule has 41 heavy (non-hydrogen) atoms. The highest BCUT2D eigenvalue weighted by Gasteiger charge is 2.41. The molecule has 0 spiro atoms. The number of carbonyl (C=O) groups excluding carboxylic acids is 2. The van der Waals surface area contributed by atoms with E-state index in [1.807, 2.05) is 51.3 Å². The fourth-order valence-electron chi connectivity index (χ4n) is 4.83. The summed E-state index contributed by atoms with van der Waals surface area (Å²) in [6.45, 7) is 9.39. The van der Waals surface area contributed by atoms with Crippen molar-refractivity contribution < 1.29 is 29.0 Å². The number of benzene rings is 1. The molecule has 3 aromatic rings. The summed E-state index contributed by atoms with van der Waals surface area (Å²) in [6.07, 6.45) is -0.429. The largest absolute Gasteiger partial charge is 0.497 e. The zero-order valence-electron chi connectivity index (χ0n) is 24.1. The Morgan fingerprint density at radius 3 is 2.54 bits per heavy atom. The maximum atomic E-state index is 13.3. The van der Waals surface area contributed by atoms with Crippen molar-refractivity contribution in [3.8, 4) is 22.9 Å². The summed E-state index contributed by atoms with van der Waals surface area (Å²) in [5, 5.41) is 19.5. The smallest absolute Gasteiger partial charge is 0.326 e. The van der Waals surface area contributed by atoms with Crippen molar-refractivity contribution in [2.24, 2.45) is 5.92 Å². The molecular formula is C29H37N5O6S. The van der Waals surface area contributed by atoms with Gasteiger partial charge in [0, 0.05) is 54.7 Å². The molecule has 0 saturated carbocycles. The van der Waals surface area contributed by atoms with Crippen LogP contribution in [0, 0.1) is 5.92 Å². The van der Waals surface area contributed by atoms with Gasteiger partial charge in [-0.05, 0) is 31.9 Å². The van der Waals surface area contributed by atoms with E-state index in [1.165, 1.54) is 23.2 Å². The van der Waals surface area contributed by atoms with Gasteiger partial charge in [-0.3, -0.25) is 9.59 Å². The highest BCUT2D eigenvalue weighted by atomic mass is 32.1. The van der Waals surface area contributed by atoms with E-state index in [2.05, 4.69) is 15.6 Å². The molecule has 12 heteroatoms. The number of methoxy groups -OCH3 is 1. The maximum absolute atomic E-state index is 13.3. The average Bonchev–Trinajstić information content (AvgIpc) is 3.54.